The van der Waals surface area contributed by atoms with Crippen molar-refractivity contribution in [2.75, 3.05) is 13.9 Å². The Morgan fingerprint density at radius 2 is 1.60 bits per heavy atom. The molecule has 11 heteroatoms. The minimum atomic E-state index is -3.74. The number of carbonyl (C=O) groups excluding carboxylic acids is 1. The fraction of sp³-hybridized carbons (Fsp3) is 0.517. The van der Waals surface area contributed by atoms with E-state index in [-0.39, 0.29) is 25.9 Å². The number of alkyl halides is 2. The predicted octanol–water partition coefficient (Wildman–Crippen LogP) is 4.78. The Hall–Kier alpha value is -3.12. The van der Waals surface area contributed by atoms with Crippen molar-refractivity contribution in [3.05, 3.63) is 71.8 Å². The number of hydrogen-bond donors (Lipinski definition) is 2. The van der Waals surface area contributed by atoms with E-state index in [1.165, 1.54) is 7.11 Å². The van der Waals surface area contributed by atoms with Crippen LogP contribution in [-0.2, 0) is 41.7 Å². The van der Waals surface area contributed by atoms with Gasteiger partial charge in [0.15, 0.2) is 6.10 Å². The Bertz CT molecular complexity index is 1060. The summed E-state index contributed by atoms with van der Waals surface area (Å²) in [5.41, 5.74) is 1.51. The maximum atomic E-state index is 15.9. The third-order valence-electron chi connectivity index (χ3n) is 6.81. The number of carboxylic acids is 1. The first-order valence-corrected chi connectivity index (χ1v) is 13.2. The quantitative estimate of drug-likeness (QED) is 0.315. The van der Waals surface area contributed by atoms with Crippen molar-refractivity contribution >= 4 is 12.1 Å². The van der Waals surface area contributed by atoms with E-state index in [1.807, 2.05) is 49.5 Å². The average Bonchev–Trinajstić information content (AvgIpc) is 2.95. The summed E-state index contributed by atoms with van der Waals surface area (Å²) in [4.78, 5) is 24.2. The average molecular weight is 566 g/mol. The van der Waals surface area contributed by atoms with Crippen LogP contribution < -0.4 is 5.32 Å². The highest BCUT2D eigenvalue weighted by atomic mass is 19.3. The number of ether oxygens (including phenoxy) is 5. The molecule has 220 valence electrons. The van der Waals surface area contributed by atoms with E-state index in [9.17, 15) is 14.7 Å². The van der Waals surface area contributed by atoms with Crippen LogP contribution in [0.15, 0.2) is 60.7 Å². The van der Waals surface area contributed by atoms with Gasteiger partial charge in [-0.3, -0.25) is 0 Å². The van der Waals surface area contributed by atoms with E-state index in [4.69, 9.17) is 23.7 Å². The molecule has 1 amide bonds. The van der Waals surface area contributed by atoms with Crippen LogP contribution in [0.2, 0.25) is 0 Å². The van der Waals surface area contributed by atoms with Crippen LogP contribution in [0.25, 0.3) is 0 Å². The number of methoxy groups -OCH3 is 1. The fourth-order valence-corrected chi connectivity index (χ4v) is 4.72. The molecule has 2 N–H and O–H groups in total. The van der Waals surface area contributed by atoms with E-state index in [2.05, 4.69) is 0 Å². The smallest absolute Gasteiger partial charge is 0.408 e. The van der Waals surface area contributed by atoms with Crippen LogP contribution in [0.5, 0.6) is 0 Å². The van der Waals surface area contributed by atoms with Gasteiger partial charge in [0, 0.05) is 19.4 Å². The minimum Gasteiger partial charge on any atom is -0.480 e. The number of rotatable bonds is 14. The van der Waals surface area contributed by atoms with Crippen molar-refractivity contribution in [1.82, 2.24) is 5.32 Å². The maximum Gasteiger partial charge on any atom is 0.408 e. The van der Waals surface area contributed by atoms with Gasteiger partial charge in [0.1, 0.15) is 25.5 Å². The molecule has 2 aromatic carbocycles. The van der Waals surface area contributed by atoms with Gasteiger partial charge in [0.2, 0.25) is 0 Å². The second-order valence-corrected chi connectivity index (χ2v) is 9.72. The zero-order chi connectivity index (χ0) is 29.1. The molecule has 0 bridgehead atoms. The van der Waals surface area contributed by atoms with Gasteiger partial charge in [-0.25, -0.2) is 18.4 Å². The lowest BCUT2D eigenvalue weighted by Gasteiger charge is -2.47. The fourth-order valence-electron chi connectivity index (χ4n) is 4.72. The summed E-state index contributed by atoms with van der Waals surface area (Å²) >= 11 is 0. The highest BCUT2D eigenvalue weighted by molar-refractivity contribution is 5.80. The molecule has 1 aliphatic rings. The molecule has 1 saturated heterocycles. The van der Waals surface area contributed by atoms with Gasteiger partial charge in [0.25, 0.3) is 5.92 Å². The number of hydrogen-bond acceptors (Lipinski definition) is 7. The summed E-state index contributed by atoms with van der Waals surface area (Å²) in [5.74, 6) is -5.70. The normalized spacial score (nSPS) is 23.8. The highest BCUT2D eigenvalue weighted by Crippen LogP contribution is 2.40. The van der Waals surface area contributed by atoms with Crippen LogP contribution in [0.3, 0.4) is 0 Å². The van der Waals surface area contributed by atoms with Crippen LogP contribution in [0.1, 0.15) is 37.8 Å². The zero-order valence-electron chi connectivity index (χ0n) is 22.8. The lowest BCUT2D eigenvalue weighted by atomic mass is 9.83. The largest absolute Gasteiger partial charge is 0.480 e. The Kier molecular flexibility index (Phi) is 11.8. The summed E-state index contributed by atoms with van der Waals surface area (Å²) in [5, 5.41) is 11.7. The van der Waals surface area contributed by atoms with Gasteiger partial charge in [-0.1, -0.05) is 74.5 Å². The molecule has 3 rings (SSSR count). The maximum absolute atomic E-state index is 15.9. The molecular formula is C29H37F2NO8. The molecule has 9 nitrogen and oxygen atoms in total. The topological polar surface area (TPSA) is 113 Å². The van der Waals surface area contributed by atoms with Crippen LogP contribution >= 0.6 is 0 Å². The second kappa shape index (κ2) is 15.0. The van der Waals surface area contributed by atoms with E-state index in [1.54, 1.807) is 30.3 Å². The molecular weight excluding hydrogens is 528 g/mol. The number of alkyl carbamates (subject to hydrolysis) is 1. The van der Waals surface area contributed by atoms with Gasteiger partial charge < -0.3 is 34.1 Å². The Morgan fingerprint density at radius 3 is 2.15 bits per heavy atom. The number of aliphatic carboxylic acids is 1. The minimum absolute atomic E-state index is 0.148. The van der Waals surface area contributed by atoms with Gasteiger partial charge in [-0.15, -0.1) is 0 Å². The van der Waals surface area contributed by atoms with E-state index in [0.29, 0.717) is 12.0 Å². The molecule has 1 fully saturated rings. The summed E-state index contributed by atoms with van der Waals surface area (Å²) in [7, 11) is 1.36. The summed E-state index contributed by atoms with van der Waals surface area (Å²) in [6, 6.07) is 16.0. The first-order valence-electron chi connectivity index (χ1n) is 13.2. The summed E-state index contributed by atoms with van der Waals surface area (Å²) < 4.78 is 59.5. The SMILES string of the molecule is CC[C@H]1O[C@H](C(F)(F)C[C@@H](NC(=O)OCc2ccccc2)C(=O)O)[C@H](OCOC)[C@@H](OCc2ccccc2)[C@H]1C. The van der Waals surface area contributed by atoms with Crippen LogP contribution in [0, 0.1) is 5.92 Å². The number of nitrogens with one attached hydrogen (secondary N) is 1. The van der Waals surface area contributed by atoms with E-state index < -0.39 is 54.9 Å². The predicted molar refractivity (Wildman–Crippen MR) is 141 cm³/mol. The second-order valence-electron chi connectivity index (χ2n) is 9.72. The molecule has 6 atom stereocenters. The van der Waals surface area contributed by atoms with Crippen molar-refractivity contribution in [3.8, 4) is 0 Å². The van der Waals surface area contributed by atoms with Crippen molar-refractivity contribution in [2.45, 2.75) is 76.3 Å². The molecule has 0 saturated carbocycles. The van der Waals surface area contributed by atoms with Gasteiger partial charge in [0.05, 0.1) is 18.8 Å². The third-order valence-corrected chi connectivity index (χ3v) is 6.81. The van der Waals surface area contributed by atoms with E-state index in [0.717, 1.165) is 5.56 Å². The number of benzene rings is 2. The molecule has 2 aromatic rings. The van der Waals surface area contributed by atoms with Crippen molar-refractivity contribution < 1.29 is 47.2 Å². The van der Waals surface area contributed by atoms with E-state index >= 15 is 8.78 Å². The Balaban J connectivity index is 1.77. The highest BCUT2D eigenvalue weighted by Gasteiger charge is 2.56. The first-order chi connectivity index (χ1) is 19.2. The molecule has 1 aliphatic heterocycles. The lowest BCUT2D eigenvalue weighted by molar-refractivity contribution is -0.293. The zero-order valence-corrected chi connectivity index (χ0v) is 22.8. The van der Waals surface area contributed by atoms with Crippen LogP contribution in [0.4, 0.5) is 13.6 Å². The Morgan fingerprint density at radius 1 is 1.00 bits per heavy atom. The van der Waals surface area contributed by atoms with Crippen molar-refractivity contribution in [3.63, 3.8) is 0 Å². The first kappa shape index (κ1) is 31.4. The van der Waals surface area contributed by atoms with Gasteiger partial charge in [-0.05, 0) is 17.5 Å². The summed E-state index contributed by atoms with van der Waals surface area (Å²) in [6.45, 7) is 3.35. The standard InChI is InChI=1S/C29H37F2NO8/c1-4-23-19(2)24(37-16-20-11-7-5-8-12-20)25(39-18-36-3)26(40-23)29(30,31)15-22(27(33)34)32-28(35)38-17-21-13-9-6-10-14-21/h5-14,19,22-26H,4,15-18H2,1-3H3,(H,32,35)(H,33,34)/t19-,22+,23+,24-,25+,26-/m0/s1. The molecule has 1 heterocycles. The number of halogens is 2. The van der Waals surface area contributed by atoms with Crippen molar-refractivity contribution in [2.24, 2.45) is 5.92 Å². The van der Waals surface area contributed by atoms with Gasteiger partial charge in [-0.2, -0.15) is 0 Å². The molecule has 40 heavy (non-hydrogen) atoms. The van der Waals surface area contributed by atoms with Gasteiger partial charge >= 0.3 is 12.1 Å². The molecule has 0 aromatic heterocycles. The number of carbonyl (C=O) groups is 2. The molecule has 0 radical (unpaired) electrons. The Labute approximate surface area is 232 Å². The molecule has 0 unspecified atom stereocenters. The monoisotopic (exact) mass is 565 g/mol. The third kappa shape index (κ3) is 8.69. The molecule has 0 spiro atoms. The van der Waals surface area contributed by atoms with Crippen LogP contribution in [-0.4, -0.2) is 67.5 Å². The lowest BCUT2D eigenvalue weighted by Crippen LogP contribution is -2.62. The number of amides is 1. The van der Waals surface area contributed by atoms with Crippen molar-refractivity contribution in [1.29, 1.82) is 0 Å². The molecule has 0 aliphatic carbocycles. The summed E-state index contributed by atoms with van der Waals surface area (Å²) in [6.07, 6.45) is -6.53. The number of carboxylic acid groups (broad SMARTS) is 1.